The van der Waals surface area contributed by atoms with Crippen LogP contribution in [0.5, 0.6) is 0 Å². The molecule has 7 rings (SSSR count). The third-order valence-corrected chi connectivity index (χ3v) is 6.83. The van der Waals surface area contributed by atoms with Gasteiger partial charge in [0.25, 0.3) is 0 Å². The molecule has 10 nitrogen and oxygen atoms in total. The minimum atomic E-state index is -0.393. The zero-order valence-electron chi connectivity index (χ0n) is 20.9. The minimum Gasteiger partial charge on any atom is -0.378 e. The van der Waals surface area contributed by atoms with Crippen molar-refractivity contribution in [2.24, 2.45) is 0 Å². The van der Waals surface area contributed by atoms with E-state index in [-0.39, 0.29) is 0 Å². The van der Waals surface area contributed by atoms with Crippen LogP contribution in [-0.2, 0) is 4.74 Å². The lowest BCUT2D eigenvalue weighted by atomic mass is 10.1. The number of aromatic amines is 1. The number of imidazole rings is 1. The Kier molecular flexibility index (Phi) is 5.71. The highest BCUT2D eigenvalue weighted by molar-refractivity contribution is 5.84. The molecule has 0 amide bonds. The number of morpholine rings is 1. The number of anilines is 1. The number of benzene rings is 2. The fourth-order valence-electron chi connectivity index (χ4n) is 4.91. The Labute approximate surface area is 222 Å². The van der Waals surface area contributed by atoms with Crippen LogP contribution in [0.15, 0.2) is 84.0 Å². The number of hydrogen-bond acceptors (Lipinski definition) is 7. The zero-order valence-corrected chi connectivity index (χ0v) is 20.9. The van der Waals surface area contributed by atoms with E-state index in [4.69, 9.17) is 19.8 Å². The second-order valence-electron chi connectivity index (χ2n) is 9.24. The number of para-hydroxylation sites is 1. The first kappa shape index (κ1) is 23.1. The summed E-state index contributed by atoms with van der Waals surface area (Å²) in [6, 6.07) is 22.0. The van der Waals surface area contributed by atoms with Crippen molar-refractivity contribution in [3.8, 4) is 16.9 Å². The molecule has 2 aromatic carbocycles. The van der Waals surface area contributed by atoms with E-state index in [2.05, 4.69) is 27.1 Å². The molecule has 192 valence electrons. The molecule has 1 N–H and O–H groups in total. The maximum atomic E-state index is 11.5. The number of nitrogens with zero attached hydrogens (tertiary/aromatic N) is 7. The average Bonchev–Trinajstić information content (AvgIpc) is 3.60. The van der Waals surface area contributed by atoms with Gasteiger partial charge in [0, 0.05) is 24.0 Å². The normalized spacial score (nSPS) is 14.1. The molecule has 5 heterocycles. The summed E-state index contributed by atoms with van der Waals surface area (Å²) in [5.74, 6) is 0. The first-order chi connectivity index (χ1) is 19.2. The Bertz CT molecular complexity index is 1880. The zero-order chi connectivity index (χ0) is 26.2. The predicted molar refractivity (Wildman–Crippen MR) is 150 cm³/mol. The van der Waals surface area contributed by atoms with Crippen molar-refractivity contribution < 1.29 is 4.74 Å². The Balaban J connectivity index is 1.35. The maximum Gasteiger partial charge on any atom is 0.361 e. The Morgan fingerprint density at radius 3 is 2.56 bits per heavy atom. The van der Waals surface area contributed by atoms with Gasteiger partial charge in [-0.05, 0) is 42.5 Å². The summed E-state index contributed by atoms with van der Waals surface area (Å²) in [5, 5.41) is 8.47. The lowest BCUT2D eigenvalue weighted by Crippen LogP contribution is -2.36. The second kappa shape index (κ2) is 9.66. The monoisotopic (exact) mass is 516 g/mol. The van der Waals surface area contributed by atoms with Crippen LogP contribution < -0.4 is 10.6 Å². The number of hydrogen-bond donors (Lipinski definition) is 1. The van der Waals surface area contributed by atoms with Gasteiger partial charge in [-0.1, -0.05) is 36.4 Å². The van der Waals surface area contributed by atoms with Crippen molar-refractivity contribution >= 4 is 34.4 Å². The van der Waals surface area contributed by atoms with Gasteiger partial charge in [0.05, 0.1) is 47.7 Å². The molecular formula is C29H24N8O2. The van der Waals surface area contributed by atoms with Crippen LogP contribution in [0.2, 0.25) is 0 Å². The van der Waals surface area contributed by atoms with Gasteiger partial charge in [0.1, 0.15) is 12.0 Å². The molecule has 4 aromatic heterocycles. The smallest absolute Gasteiger partial charge is 0.361 e. The van der Waals surface area contributed by atoms with Crippen molar-refractivity contribution in [3.05, 3.63) is 101 Å². The number of rotatable bonds is 5. The van der Waals surface area contributed by atoms with Crippen LogP contribution in [0.4, 0.5) is 5.69 Å². The van der Waals surface area contributed by atoms with Crippen LogP contribution in [0, 0.1) is 0 Å². The first-order valence-corrected chi connectivity index (χ1v) is 12.7. The highest BCUT2D eigenvalue weighted by atomic mass is 16.5. The molecule has 1 aliphatic rings. The fraction of sp³-hybridized carbons (Fsp3) is 0.138. The van der Waals surface area contributed by atoms with Crippen LogP contribution >= 0.6 is 0 Å². The molecule has 39 heavy (non-hydrogen) atoms. The van der Waals surface area contributed by atoms with E-state index in [1.807, 2.05) is 77.5 Å². The largest absolute Gasteiger partial charge is 0.378 e. The van der Waals surface area contributed by atoms with Crippen molar-refractivity contribution in [3.63, 3.8) is 0 Å². The molecule has 1 saturated heterocycles. The van der Waals surface area contributed by atoms with E-state index < -0.39 is 5.69 Å². The van der Waals surface area contributed by atoms with Crippen molar-refractivity contribution in [2.45, 2.75) is 0 Å². The summed E-state index contributed by atoms with van der Waals surface area (Å²) in [7, 11) is 0. The van der Waals surface area contributed by atoms with Crippen LogP contribution in [0.1, 0.15) is 11.4 Å². The lowest BCUT2D eigenvalue weighted by Gasteiger charge is -2.28. The highest BCUT2D eigenvalue weighted by Gasteiger charge is 2.20. The standard InChI is InChI=1S/C29H24N8O2/c38-29-30-19-36(34-29)23-10-6-21(7-11-23)27-25(12-9-22-8-5-20-3-1-2-4-24(20)32-22)33-28-26(13-14-31-37(27)28)35-15-17-39-18-16-35/h1-14,19H,15-18H2,(H,34,38)/b12-9+. The van der Waals surface area contributed by atoms with Gasteiger partial charge < -0.3 is 9.64 Å². The van der Waals surface area contributed by atoms with Crippen molar-refractivity contribution in [1.82, 2.24) is 34.3 Å². The van der Waals surface area contributed by atoms with Crippen molar-refractivity contribution in [1.29, 1.82) is 0 Å². The van der Waals surface area contributed by atoms with Crippen LogP contribution in [0.3, 0.4) is 0 Å². The van der Waals surface area contributed by atoms with E-state index in [1.54, 1.807) is 4.68 Å². The summed E-state index contributed by atoms with van der Waals surface area (Å²) in [4.78, 5) is 27.4. The van der Waals surface area contributed by atoms with Crippen LogP contribution in [-0.4, -0.2) is 60.6 Å². The molecule has 1 aliphatic heterocycles. The maximum absolute atomic E-state index is 11.5. The van der Waals surface area contributed by atoms with Gasteiger partial charge in [-0.3, -0.25) is 0 Å². The van der Waals surface area contributed by atoms with E-state index in [0.717, 1.165) is 63.7 Å². The molecular weight excluding hydrogens is 492 g/mol. The number of fused-ring (bicyclic) bond motifs is 2. The second-order valence-corrected chi connectivity index (χ2v) is 9.24. The summed E-state index contributed by atoms with van der Waals surface area (Å²) in [5.41, 5.74) is 6.57. The average molecular weight is 517 g/mol. The summed E-state index contributed by atoms with van der Waals surface area (Å²) < 4.78 is 9.05. The van der Waals surface area contributed by atoms with E-state index in [1.165, 1.54) is 6.33 Å². The van der Waals surface area contributed by atoms with Gasteiger partial charge in [-0.2, -0.15) is 10.1 Å². The van der Waals surface area contributed by atoms with Gasteiger partial charge >= 0.3 is 5.69 Å². The number of H-pyrrole nitrogens is 1. The topological polar surface area (TPSA) is 106 Å². The van der Waals surface area contributed by atoms with Gasteiger partial charge in [-0.15, -0.1) is 0 Å². The number of pyridine rings is 1. The number of nitrogens with one attached hydrogen (secondary N) is 1. The molecule has 0 spiro atoms. The predicted octanol–water partition coefficient (Wildman–Crippen LogP) is 3.83. The molecule has 0 saturated carbocycles. The van der Waals surface area contributed by atoms with Crippen LogP contribution in [0.25, 0.3) is 45.6 Å². The lowest BCUT2D eigenvalue weighted by molar-refractivity contribution is 0.123. The van der Waals surface area contributed by atoms with E-state index >= 15 is 0 Å². The summed E-state index contributed by atoms with van der Waals surface area (Å²) in [6.45, 7) is 2.96. The molecule has 0 aliphatic carbocycles. The molecule has 6 aromatic rings. The quantitative estimate of drug-likeness (QED) is 0.371. The number of ether oxygens (including phenoxy) is 1. The fourth-order valence-corrected chi connectivity index (χ4v) is 4.91. The minimum absolute atomic E-state index is 0.393. The van der Waals surface area contributed by atoms with E-state index in [0.29, 0.717) is 13.2 Å². The molecule has 0 radical (unpaired) electrons. The SMILES string of the molecule is O=c1ncn(-c2ccc(-c3c(/C=C/c4ccc5ccccc5n4)nc4c(N5CCOCC5)ccnn34)cc2)[nH]1. The van der Waals surface area contributed by atoms with E-state index in [9.17, 15) is 4.79 Å². The third-order valence-electron chi connectivity index (χ3n) is 6.83. The third kappa shape index (κ3) is 4.36. The molecule has 1 fully saturated rings. The molecule has 0 bridgehead atoms. The summed E-state index contributed by atoms with van der Waals surface area (Å²) in [6.07, 6.45) is 7.25. The Morgan fingerprint density at radius 2 is 1.74 bits per heavy atom. The van der Waals surface area contributed by atoms with Gasteiger partial charge in [0.2, 0.25) is 0 Å². The Morgan fingerprint density at radius 1 is 0.897 bits per heavy atom. The highest BCUT2D eigenvalue weighted by Crippen LogP contribution is 2.31. The molecule has 0 atom stereocenters. The molecule has 0 unspecified atom stereocenters. The molecule has 10 heteroatoms. The first-order valence-electron chi connectivity index (χ1n) is 12.7. The van der Waals surface area contributed by atoms with Gasteiger partial charge in [-0.25, -0.2) is 29.1 Å². The Hall–Kier alpha value is -5.09. The summed E-state index contributed by atoms with van der Waals surface area (Å²) >= 11 is 0. The van der Waals surface area contributed by atoms with Gasteiger partial charge in [0.15, 0.2) is 5.65 Å². The van der Waals surface area contributed by atoms with Crippen molar-refractivity contribution in [2.75, 3.05) is 31.2 Å². The number of aromatic nitrogens is 7.